The van der Waals surface area contributed by atoms with Crippen LogP contribution in [0.1, 0.15) is 62.8 Å². The second-order valence-electron chi connectivity index (χ2n) is 12.1. The van der Waals surface area contributed by atoms with Crippen LogP contribution in [-0.2, 0) is 35.6 Å². The van der Waals surface area contributed by atoms with Gasteiger partial charge < -0.3 is 0 Å². The molecule has 1 atom stereocenters. The summed E-state index contributed by atoms with van der Waals surface area (Å²) in [5, 5.41) is 1.66. The minimum absolute atomic E-state index is 0.494. The van der Waals surface area contributed by atoms with Crippen molar-refractivity contribution in [1.29, 1.82) is 0 Å². The predicted molar refractivity (Wildman–Crippen MR) is 173 cm³/mol. The molecule has 0 bridgehead atoms. The summed E-state index contributed by atoms with van der Waals surface area (Å²) in [4.78, 5) is 0. The molecule has 0 aromatic heterocycles. The summed E-state index contributed by atoms with van der Waals surface area (Å²) in [6, 6.07) is 32.5. The molecule has 0 radical (unpaired) electrons. The van der Waals surface area contributed by atoms with Gasteiger partial charge in [0.1, 0.15) is 0 Å². The van der Waals surface area contributed by atoms with E-state index in [0.717, 1.165) is 19.3 Å². The first-order valence-corrected chi connectivity index (χ1v) is 21.0. The molecule has 0 saturated heterocycles. The van der Waals surface area contributed by atoms with Gasteiger partial charge in [0.15, 0.2) is 0 Å². The van der Waals surface area contributed by atoms with Gasteiger partial charge in [-0.25, -0.2) is 0 Å². The first-order valence-electron chi connectivity index (χ1n) is 14.8. The molecule has 2 aliphatic carbocycles. The van der Waals surface area contributed by atoms with Gasteiger partial charge in [0.2, 0.25) is 0 Å². The van der Waals surface area contributed by atoms with E-state index >= 15 is 0 Å². The fourth-order valence-electron chi connectivity index (χ4n) is 6.61. The third kappa shape index (κ3) is 4.99. The topological polar surface area (TPSA) is 0 Å². The zero-order chi connectivity index (χ0) is 27.9. The van der Waals surface area contributed by atoms with Crippen molar-refractivity contribution >= 4 is 22.0 Å². The Bertz CT molecular complexity index is 1610. The molecule has 0 fully saturated rings. The van der Waals surface area contributed by atoms with Crippen LogP contribution in [0.25, 0.3) is 16.7 Å². The Morgan fingerprint density at radius 1 is 0.800 bits per heavy atom. The van der Waals surface area contributed by atoms with Crippen LogP contribution in [0.3, 0.4) is 0 Å². The van der Waals surface area contributed by atoms with Crippen LogP contribution in [0.5, 0.6) is 0 Å². The summed E-state index contributed by atoms with van der Waals surface area (Å²) in [6.45, 7) is 12.3. The van der Waals surface area contributed by atoms with Crippen LogP contribution in [0.4, 0.5) is 0 Å². The van der Waals surface area contributed by atoms with Gasteiger partial charge >= 0.3 is 254 Å². The Kier molecular flexibility index (Phi) is 7.77. The minimum atomic E-state index is -1.56. The second kappa shape index (κ2) is 11.3. The van der Waals surface area contributed by atoms with Crippen LogP contribution >= 0.6 is 0 Å². The number of benzene rings is 4. The van der Waals surface area contributed by atoms with Gasteiger partial charge in [0.05, 0.1) is 0 Å². The molecule has 0 saturated carbocycles. The standard InChI is InChI=1S/C25H29Si.C13H10.Zr/c1-6-17-12-13-21-19(14-17)15-23-22(21)16-24(26(3,4)5)20(7-2)25(23)18-10-8-9-11-18;1-3-7-12(8-4-1)11-13-9-5-2-6-10-13;/h8-10,12-16H,6-7,11H2,1-5H3;1-10H;. The fourth-order valence-corrected chi connectivity index (χ4v) is 12.8. The van der Waals surface area contributed by atoms with Crippen LogP contribution < -0.4 is 5.19 Å². The quantitative estimate of drug-likeness (QED) is 0.182. The normalized spacial score (nSPS) is 15.4. The number of rotatable bonds is 7. The summed E-state index contributed by atoms with van der Waals surface area (Å²) in [7, 11) is -1.56. The Labute approximate surface area is 252 Å². The molecular formula is C38H39SiZr. The van der Waals surface area contributed by atoms with Crippen LogP contribution in [0.15, 0.2) is 103 Å². The molecule has 0 heterocycles. The molecular weight excluding hydrogens is 576 g/mol. The Hall–Kier alpha value is -2.67. The molecule has 6 rings (SSSR count). The molecule has 0 spiro atoms. The van der Waals surface area contributed by atoms with E-state index in [1.165, 1.54) is 33.4 Å². The zero-order valence-corrected chi connectivity index (χ0v) is 28.0. The number of allylic oxidation sites excluding steroid dienone is 4. The molecule has 0 aliphatic heterocycles. The number of hydrogen-bond acceptors (Lipinski definition) is 0. The first kappa shape index (κ1) is 27.5. The number of hydrogen-bond donors (Lipinski definition) is 0. The van der Waals surface area contributed by atoms with Crippen LogP contribution in [0, 0.1) is 0 Å². The summed E-state index contributed by atoms with van der Waals surface area (Å²) in [5.41, 5.74) is 15.3. The fraction of sp³-hybridized carbons (Fsp3) is 0.237. The van der Waals surface area contributed by atoms with Gasteiger partial charge in [0.25, 0.3) is 0 Å². The van der Waals surface area contributed by atoms with Crippen molar-refractivity contribution in [3.8, 4) is 11.1 Å². The monoisotopic (exact) mass is 613 g/mol. The molecule has 1 unspecified atom stereocenters. The van der Waals surface area contributed by atoms with E-state index in [4.69, 9.17) is 0 Å². The summed E-state index contributed by atoms with van der Waals surface area (Å²) in [6.07, 6.45) is 10.3. The number of aryl methyl sites for hydroxylation is 1. The van der Waals surface area contributed by atoms with Gasteiger partial charge in [-0.3, -0.25) is 0 Å². The second-order valence-corrected chi connectivity index (χ2v) is 20.5. The van der Waals surface area contributed by atoms with Gasteiger partial charge in [-0.05, 0) is 0 Å². The van der Waals surface area contributed by atoms with E-state index in [0.29, 0.717) is 3.63 Å². The molecule has 2 aliphatic rings. The molecule has 0 N–H and O–H groups in total. The van der Waals surface area contributed by atoms with Gasteiger partial charge in [-0.1, -0.05) is 0 Å². The molecule has 0 amide bonds. The molecule has 40 heavy (non-hydrogen) atoms. The van der Waals surface area contributed by atoms with Crippen LogP contribution in [-0.4, -0.2) is 11.3 Å². The Morgan fingerprint density at radius 2 is 1.48 bits per heavy atom. The predicted octanol–water partition coefficient (Wildman–Crippen LogP) is 9.12. The molecule has 0 nitrogen and oxygen atoms in total. The molecule has 4 aromatic rings. The van der Waals surface area contributed by atoms with E-state index in [9.17, 15) is 0 Å². The SMILES string of the molecule is CCc1ccc2c(c1)[CH]([Zr]=[C](c1ccccc1)c1ccccc1)c1c-2cc([Si](C)(C)C)c(CC)c1C1=CC=CC1. The van der Waals surface area contributed by atoms with Crippen molar-refractivity contribution in [2.45, 2.75) is 56.4 Å². The summed E-state index contributed by atoms with van der Waals surface area (Å²) >= 11 is -1.17. The Balaban J connectivity index is 1.71. The summed E-state index contributed by atoms with van der Waals surface area (Å²) < 4.78 is 2.10. The van der Waals surface area contributed by atoms with Crippen LogP contribution in [0.2, 0.25) is 19.6 Å². The van der Waals surface area contributed by atoms with Crippen molar-refractivity contribution in [2.24, 2.45) is 0 Å². The van der Waals surface area contributed by atoms with E-state index in [1.807, 2.05) is 0 Å². The van der Waals surface area contributed by atoms with Crippen molar-refractivity contribution in [1.82, 2.24) is 0 Å². The first-order chi connectivity index (χ1) is 19.4. The zero-order valence-electron chi connectivity index (χ0n) is 24.5. The Morgan fingerprint density at radius 3 is 2.02 bits per heavy atom. The average Bonchev–Trinajstić information content (AvgIpc) is 3.61. The third-order valence-corrected chi connectivity index (χ3v) is 14.9. The van der Waals surface area contributed by atoms with Crippen molar-refractivity contribution in [3.05, 3.63) is 142 Å². The van der Waals surface area contributed by atoms with Crippen molar-refractivity contribution in [2.75, 3.05) is 0 Å². The number of fused-ring (bicyclic) bond motifs is 3. The molecule has 199 valence electrons. The van der Waals surface area contributed by atoms with E-state index in [1.54, 1.807) is 30.6 Å². The maximum absolute atomic E-state index is 2.65. The summed E-state index contributed by atoms with van der Waals surface area (Å²) in [5.74, 6) is 0. The molecule has 4 aromatic carbocycles. The van der Waals surface area contributed by atoms with Gasteiger partial charge in [-0.15, -0.1) is 0 Å². The average molecular weight is 615 g/mol. The van der Waals surface area contributed by atoms with E-state index in [2.05, 4.69) is 137 Å². The van der Waals surface area contributed by atoms with Gasteiger partial charge in [-0.2, -0.15) is 0 Å². The third-order valence-electron chi connectivity index (χ3n) is 8.56. The van der Waals surface area contributed by atoms with E-state index < -0.39 is 30.8 Å². The maximum atomic E-state index is 2.65. The molecule has 2 heteroatoms. The van der Waals surface area contributed by atoms with Crippen molar-refractivity contribution < 1.29 is 22.8 Å². The van der Waals surface area contributed by atoms with Gasteiger partial charge in [0, 0.05) is 0 Å². The van der Waals surface area contributed by atoms with Crippen molar-refractivity contribution in [3.63, 3.8) is 0 Å². The van der Waals surface area contributed by atoms with E-state index in [-0.39, 0.29) is 0 Å².